The topological polar surface area (TPSA) is 15.3 Å². The molecular weight excluding hydrogens is 244 g/mol. The molecule has 0 aromatic heterocycles. The van der Waals surface area contributed by atoms with Crippen molar-refractivity contribution >= 4 is 17.3 Å². The summed E-state index contributed by atoms with van der Waals surface area (Å²) in [5.74, 6) is 0. The summed E-state index contributed by atoms with van der Waals surface area (Å²) in [4.78, 5) is 2.34. The lowest BCUT2D eigenvalue weighted by atomic mass is 10.1. The Kier molecular flexibility index (Phi) is 4.31. The minimum atomic E-state index is 0.333. The Morgan fingerprint density at radius 1 is 1.39 bits per heavy atom. The van der Waals surface area contributed by atoms with Crippen molar-refractivity contribution in [2.45, 2.75) is 26.3 Å². The maximum Gasteiger partial charge on any atom is 0.0643 e. The van der Waals surface area contributed by atoms with Crippen LogP contribution in [-0.2, 0) is 0 Å². The summed E-state index contributed by atoms with van der Waals surface area (Å²) in [6.45, 7) is 6.35. The predicted octanol–water partition coefficient (Wildman–Crippen LogP) is 3.78. The van der Waals surface area contributed by atoms with E-state index in [4.69, 9.17) is 11.6 Å². The van der Waals surface area contributed by atoms with Gasteiger partial charge in [-0.25, -0.2) is 0 Å². The van der Waals surface area contributed by atoms with Crippen LogP contribution in [0, 0.1) is 0 Å². The fourth-order valence-corrected chi connectivity index (χ4v) is 2.51. The Morgan fingerprint density at radius 3 is 2.72 bits per heavy atom. The summed E-state index contributed by atoms with van der Waals surface area (Å²) in [5.41, 5.74) is 3.85. The van der Waals surface area contributed by atoms with Gasteiger partial charge < -0.3 is 10.2 Å². The Labute approximate surface area is 115 Å². The monoisotopic (exact) mass is 264 g/mol. The molecule has 0 fully saturated rings. The first-order valence-electron chi connectivity index (χ1n) is 6.49. The van der Waals surface area contributed by atoms with Crippen LogP contribution in [0.25, 0.3) is 0 Å². The number of hydrogen-bond acceptors (Lipinski definition) is 2. The van der Waals surface area contributed by atoms with Crippen LogP contribution < -0.4 is 10.2 Å². The predicted molar refractivity (Wildman–Crippen MR) is 79.5 cm³/mol. The van der Waals surface area contributed by atoms with Crippen molar-refractivity contribution in [2.24, 2.45) is 0 Å². The Hall–Kier alpha value is -0.990. The molecule has 0 aliphatic carbocycles. The van der Waals surface area contributed by atoms with Gasteiger partial charge in [-0.1, -0.05) is 29.3 Å². The third-order valence-corrected chi connectivity index (χ3v) is 3.98. The molecule has 0 saturated carbocycles. The first kappa shape index (κ1) is 13.4. The van der Waals surface area contributed by atoms with Crippen LogP contribution in [0.15, 0.2) is 29.8 Å². The van der Waals surface area contributed by atoms with Crippen LogP contribution in [0.1, 0.15) is 31.9 Å². The summed E-state index contributed by atoms with van der Waals surface area (Å²) >= 11 is 6.41. The van der Waals surface area contributed by atoms with E-state index in [2.05, 4.69) is 48.3 Å². The van der Waals surface area contributed by atoms with Crippen LogP contribution in [0.2, 0.25) is 5.02 Å². The van der Waals surface area contributed by atoms with E-state index in [0.717, 1.165) is 30.2 Å². The van der Waals surface area contributed by atoms with E-state index in [-0.39, 0.29) is 0 Å². The molecule has 1 unspecified atom stereocenters. The maximum absolute atomic E-state index is 6.41. The van der Waals surface area contributed by atoms with E-state index in [1.807, 2.05) is 7.05 Å². The molecule has 2 rings (SSSR count). The number of halogens is 1. The van der Waals surface area contributed by atoms with Gasteiger partial charge >= 0.3 is 0 Å². The Morgan fingerprint density at radius 2 is 2.17 bits per heavy atom. The Balaban J connectivity index is 2.20. The number of benzene rings is 1. The van der Waals surface area contributed by atoms with Crippen molar-refractivity contribution in [3.8, 4) is 0 Å². The van der Waals surface area contributed by atoms with Gasteiger partial charge in [0.25, 0.3) is 0 Å². The zero-order valence-corrected chi connectivity index (χ0v) is 12.1. The molecule has 0 bridgehead atoms. The minimum absolute atomic E-state index is 0.333. The van der Waals surface area contributed by atoms with Gasteiger partial charge in [0.2, 0.25) is 0 Å². The quantitative estimate of drug-likeness (QED) is 0.836. The second-order valence-electron chi connectivity index (χ2n) is 4.97. The number of nitrogens with one attached hydrogen (secondary N) is 1. The summed E-state index contributed by atoms with van der Waals surface area (Å²) in [5, 5.41) is 4.08. The van der Waals surface area contributed by atoms with Crippen molar-refractivity contribution in [3.05, 3.63) is 40.4 Å². The summed E-state index contributed by atoms with van der Waals surface area (Å²) in [6.07, 6.45) is 3.41. The molecule has 0 spiro atoms. The van der Waals surface area contributed by atoms with Gasteiger partial charge in [0.15, 0.2) is 0 Å². The molecule has 0 amide bonds. The SMILES string of the molecule is CNC(C)c1ccc(N2CC=C(C)CC2)c(Cl)c1. The average Bonchev–Trinajstić information content (AvgIpc) is 2.39. The van der Waals surface area contributed by atoms with Gasteiger partial charge in [-0.2, -0.15) is 0 Å². The smallest absolute Gasteiger partial charge is 0.0643 e. The molecule has 1 aliphatic rings. The van der Waals surface area contributed by atoms with Crippen LogP contribution >= 0.6 is 11.6 Å². The van der Waals surface area contributed by atoms with E-state index in [0.29, 0.717) is 6.04 Å². The van der Waals surface area contributed by atoms with Gasteiger partial charge in [0, 0.05) is 19.1 Å². The highest BCUT2D eigenvalue weighted by Gasteiger charge is 2.14. The van der Waals surface area contributed by atoms with Crippen LogP contribution in [0.5, 0.6) is 0 Å². The standard InChI is InChI=1S/C15H21ClN2/c1-11-6-8-18(9-7-11)15-5-4-13(10-14(15)16)12(2)17-3/h4-6,10,12,17H,7-9H2,1-3H3. The van der Waals surface area contributed by atoms with Gasteiger partial charge in [-0.3, -0.25) is 0 Å². The van der Waals surface area contributed by atoms with Crippen LogP contribution in [-0.4, -0.2) is 20.1 Å². The lowest BCUT2D eigenvalue weighted by Crippen LogP contribution is -2.28. The van der Waals surface area contributed by atoms with Gasteiger partial charge in [0.1, 0.15) is 0 Å². The van der Waals surface area contributed by atoms with Crippen molar-refractivity contribution in [3.63, 3.8) is 0 Å². The first-order chi connectivity index (χ1) is 8.61. The molecule has 1 aromatic carbocycles. The number of hydrogen-bond donors (Lipinski definition) is 1. The molecule has 1 aromatic rings. The average molecular weight is 265 g/mol. The zero-order chi connectivity index (χ0) is 13.1. The van der Waals surface area contributed by atoms with Gasteiger partial charge in [-0.15, -0.1) is 0 Å². The number of rotatable bonds is 3. The first-order valence-corrected chi connectivity index (χ1v) is 6.87. The van der Waals surface area contributed by atoms with Crippen molar-refractivity contribution in [1.29, 1.82) is 0 Å². The lowest BCUT2D eigenvalue weighted by Gasteiger charge is -2.28. The molecule has 18 heavy (non-hydrogen) atoms. The minimum Gasteiger partial charge on any atom is -0.366 e. The molecule has 2 nitrogen and oxygen atoms in total. The van der Waals surface area contributed by atoms with Crippen molar-refractivity contribution in [2.75, 3.05) is 25.0 Å². The molecule has 0 saturated heterocycles. The van der Waals surface area contributed by atoms with Gasteiger partial charge in [-0.05, 0) is 45.0 Å². The van der Waals surface area contributed by atoms with E-state index in [1.54, 1.807) is 0 Å². The van der Waals surface area contributed by atoms with Crippen molar-refractivity contribution < 1.29 is 0 Å². The molecular formula is C15H21ClN2. The Bertz CT molecular complexity index is 454. The molecule has 1 aliphatic heterocycles. The number of nitrogens with zero attached hydrogens (tertiary/aromatic N) is 1. The highest BCUT2D eigenvalue weighted by Crippen LogP contribution is 2.30. The van der Waals surface area contributed by atoms with Crippen molar-refractivity contribution in [1.82, 2.24) is 5.32 Å². The molecule has 1 N–H and O–H groups in total. The van der Waals surface area contributed by atoms with Gasteiger partial charge in [0.05, 0.1) is 10.7 Å². The molecule has 0 radical (unpaired) electrons. The summed E-state index contributed by atoms with van der Waals surface area (Å²) in [6, 6.07) is 6.71. The zero-order valence-electron chi connectivity index (χ0n) is 11.3. The second-order valence-corrected chi connectivity index (χ2v) is 5.37. The fourth-order valence-electron chi connectivity index (χ4n) is 2.21. The second kappa shape index (κ2) is 5.77. The molecule has 1 atom stereocenters. The van der Waals surface area contributed by atoms with E-state index in [9.17, 15) is 0 Å². The third kappa shape index (κ3) is 2.88. The van der Waals surface area contributed by atoms with E-state index < -0.39 is 0 Å². The number of anilines is 1. The molecule has 98 valence electrons. The van der Waals surface area contributed by atoms with Crippen LogP contribution in [0.4, 0.5) is 5.69 Å². The fraction of sp³-hybridized carbons (Fsp3) is 0.467. The molecule has 3 heteroatoms. The highest BCUT2D eigenvalue weighted by molar-refractivity contribution is 6.33. The largest absolute Gasteiger partial charge is 0.366 e. The van der Waals surface area contributed by atoms with E-state index >= 15 is 0 Å². The highest BCUT2D eigenvalue weighted by atomic mass is 35.5. The third-order valence-electron chi connectivity index (χ3n) is 3.68. The van der Waals surface area contributed by atoms with E-state index in [1.165, 1.54) is 11.1 Å². The normalized spacial score (nSPS) is 17.6. The molecule has 1 heterocycles. The lowest BCUT2D eigenvalue weighted by molar-refractivity contribution is 0.652. The van der Waals surface area contributed by atoms with Crippen LogP contribution in [0.3, 0.4) is 0 Å². The summed E-state index contributed by atoms with van der Waals surface area (Å²) in [7, 11) is 1.96. The maximum atomic E-state index is 6.41. The summed E-state index contributed by atoms with van der Waals surface area (Å²) < 4.78 is 0.